The molecule has 294 valence electrons. The second-order valence-electron chi connectivity index (χ2n) is 16.4. The number of carbonyl (C=O) groups is 3. The number of carboxylic acids is 3. The number of hydrogen-bond donors (Lipinski definition) is 3. The van der Waals surface area contributed by atoms with Crippen molar-refractivity contribution in [2.24, 2.45) is 10.8 Å². The fraction of sp³-hybridized carbons (Fsp3) is 0.932. The molecule has 1 unspecified atom stereocenters. The van der Waals surface area contributed by atoms with Crippen LogP contribution in [-0.4, -0.2) is 33.2 Å². The lowest BCUT2D eigenvalue weighted by Crippen LogP contribution is -2.51. The molecule has 50 heavy (non-hydrogen) atoms. The molecule has 0 amide bonds. The van der Waals surface area contributed by atoms with Crippen molar-refractivity contribution in [1.29, 1.82) is 0 Å². The molecule has 1 aliphatic rings. The van der Waals surface area contributed by atoms with Gasteiger partial charge in [-0.15, -0.1) is 0 Å². The van der Waals surface area contributed by atoms with Gasteiger partial charge in [0.2, 0.25) is 0 Å². The number of rotatable bonds is 39. The van der Waals surface area contributed by atoms with Crippen molar-refractivity contribution in [3.8, 4) is 0 Å². The third-order valence-corrected chi connectivity index (χ3v) is 12.4. The van der Waals surface area contributed by atoms with Gasteiger partial charge in [0.05, 0.1) is 0 Å². The highest BCUT2D eigenvalue weighted by atomic mass is 16.4. The number of aliphatic carboxylic acids is 3. The molecule has 6 heteroatoms. The summed E-state index contributed by atoms with van der Waals surface area (Å²) in [7, 11) is 0. The molecule has 1 fully saturated rings. The maximum absolute atomic E-state index is 10.7. The maximum Gasteiger partial charge on any atom is 0.303 e. The molecule has 1 saturated carbocycles. The largest absolute Gasteiger partial charge is 0.481 e. The first-order valence-electron chi connectivity index (χ1n) is 21.9. The van der Waals surface area contributed by atoms with E-state index in [0.29, 0.717) is 30.1 Å². The van der Waals surface area contributed by atoms with Crippen LogP contribution in [0.2, 0.25) is 0 Å². The summed E-state index contributed by atoms with van der Waals surface area (Å²) in [6.45, 7) is 2.37. The molecule has 1 rings (SSSR count). The molecule has 1 atom stereocenters. The van der Waals surface area contributed by atoms with Gasteiger partial charge in [0.1, 0.15) is 0 Å². The summed E-state index contributed by atoms with van der Waals surface area (Å²) in [6.07, 6.45) is 45.4. The fourth-order valence-corrected chi connectivity index (χ4v) is 9.09. The average molecular weight is 707 g/mol. The Kier molecular flexibility index (Phi) is 28.8. The molecule has 0 aromatic rings. The average Bonchev–Trinajstić information content (AvgIpc) is 3.07. The van der Waals surface area contributed by atoms with Gasteiger partial charge in [-0.2, -0.15) is 0 Å². The van der Waals surface area contributed by atoms with Crippen molar-refractivity contribution < 1.29 is 29.7 Å². The first-order valence-corrected chi connectivity index (χ1v) is 21.9. The molecular formula is C44H82O6. The molecule has 0 radical (unpaired) electrons. The van der Waals surface area contributed by atoms with E-state index in [1.807, 2.05) is 0 Å². The molecule has 0 bridgehead atoms. The van der Waals surface area contributed by atoms with E-state index in [4.69, 9.17) is 15.3 Å². The predicted molar refractivity (Wildman–Crippen MR) is 209 cm³/mol. The molecule has 0 spiro atoms. The van der Waals surface area contributed by atoms with E-state index < -0.39 is 17.9 Å². The quantitative estimate of drug-likeness (QED) is 0.0549. The lowest BCUT2D eigenvalue weighted by Gasteiger charge is -2.62. The van der Waals surface area contributed by atoms with Crippen molar-refractivity contribution in [3.63, 3.8) is 0 Å². The Morgan fingerprint density at radius 3 is 0.740 bits per heavy atom. The van der Waals surface area contributed by atoms with Crippen molar-refractivity contribution >= 4 is 17.9 Å². The van der Waals surface area contributed by atoms with Crippen molar-refractivity contribution in [1.82, 2.24) is 0 Å². The van der Waals surface area contributed by atoms with Crippen LogP contribution in [-0.2, 0) is 14.4 Å². The topological polar surface area (TPSA) is 112 Å². The van der Waals surface area contributed by atoms with Crippen molar-refractivity contribution in [2.45, 2.75) is 251 Å². The number of hydrogen-bond acceptors (Lipinski definition) is 3. The Morgan fingerprint density at radius 2 is 0.540 bits per heavy atom. The van der Waals surface area contributed by atoms with Gasteiger partial charge < -0.3 is 15.3 Å². The van der Waals surface area contributed by atoms with E-state index in [9.17, 15) is 14.4 Å². The van der Waals surface area contributed by atoms with Crippen LogP contribution in [0, 0.1) is 10.8 Å². The summed E-state index contributed by atoms with van der Waals surface area (Å²) in [5.74, 6) is -2.00. The Hall–Kier alpha value is -1.59. The Bertz CT molecular complexity index is 804. The summed E-state index contributed by atoms with van der Waals surface area (Å²) in [6, 6.07) is 0. The molecule has 0 saturated heterocycles. The molecular weight excluding hydrogens is 624 g/mol. The van der Waals surface area contributed by atoms with Gasteiger partial charge in [-0.1, -0.05) is 174 Å². The molecule has 3 N–H and O–H groups in total. The monoisotopic (exact) mass is 707 g/mol. The van der Waals surface area contributed by atoms with Crippen LogP contribution in [0.25, 0.3) is 0 Å². The maximum atomic E-state index is 10.7. The molecule has 0 aromatic carbocycles. The zero-order valence-corrected chi connectivity index (χ0v) is 32.9. The van der Waals surface area contributed by atoms with Gasteiger partial charge in [-0.3, -0.25) is 14.4 Å². The van der Waals surface area contributed by atoms with Crippen molar-refractivity contribution in [3.05, 3.63) is 0 Å². The molecule has 0 aromatic heterocycles. The third-order valence-electron chi connectivity index (χ3n) is 12.4. The SMILES string of the molecule is CCCCC1(CCCCCCCCCCCC(=O)O)CCC1(CCCCCCCCCCCC(=O)O)CCCCCCCCCCCC(=O)O. The molecule has 6 nitrogen and oxygen atoms in total. The Morgan fingerprint density at radius 1 is 0.340 bits per heavy atom. The van der Waals surface area contributed by atoms with Gasteiger partial charge in [0, 0.05) is 19.3 Å². The minimum Gasteiger partial charge on any atom is -0.481 e. The lowest BCUT2D eigenvalue weighted by molar-refractivity contribution is -0.138. The second kappa shape index (κ2) is 31.0. The fourth-order valence-electron chi connectivity index (χ4n) is 9.09. The first-order chi connectivity index (χ1) is 24.3. The first kappa shape index (κ1) is 46.4. The van der Waals surface area contributed by atoms with E-state index in [1.165, 1.54) is 186 Å². The highest BCUT2D eigenvalue weighted by Gasteiger charge is 2.55. The van der Waals surface area contributed by atoms with E-state index in [0.717, 1.165) is 38.5 Å². The lowest BCUT2D eigenvalue weighted by atomic mass is 9.43. The van der Waals surface area contributed by atoms with Crippen LogP contribution >= 0.6 is 0 Å². The van der Waals surface area contributed by atoms with Gasteiger partial charge >= 0.3 is 17.9 Å². The summed E-state index contributed by atoms with van der Waals surface area (Å²) in [5.41, 5.74) is 1.13. The molecule has 0 heterocycles. The van der Waals surface area contributed by atoms with Gasteiger partial charge in [0.25, 0.3) is 0 Å². The van der Waals surface area contributed by atoms with Crippen molar-refractivity contribution in [2.75, 3.05) is 0 Å². The van der Waals surface area contributed by atoms with Crippen LogP contribution in [0.1, 0.15) is 251 Å². The number of unbranched alkanes of at least 4 members (excludes halogenated alkanes) is 25. The van der Waals surface area contributed by atoms with Crippen LogP contribution < -0.4 is 0 Å². The Labute approximate surface area is 308 Å². The zero-order chi connectivity index (χ0) is 36.6. The highest BCUT2D eigenvalue weighted by Crippen LogP contribution is 2.66. The van der Waals surface area contributed by atoms with Gasteiger partial charge in [-0.25, -0.2) is 0 Å². The van der Waals surface area contributed by atoms with Crippen LogP contribution in [0.15, 0.2) is 0 Å². The molecule has 1 aliphatic carbocycles. The van der Waals surface area contributed by atoms with Crippen LogP contribution in [0.4, 0.5) is 0 Å². The third kappa shape index (κ3) is 23.1. The highest BCUT2D eigenvalue weighted by molar-refractivity contribution is 5.67. The van der Waals surface area contributed by atoms with Crippen LogP contribution in [0.3, 0.4) is 0 Å². The molecule has 0 aliphatic heterocycles. The normalized spacial score (nSPS) is 16.7. The summed E-state index contributed by atoms with van der Waals surface area (Å²) < 4.78 is 0. The zero-order valence-electron chi connectivity index (χ0n) is 32.9. The van der Waals surface area contributed by atoms with E-state index in [1.54, 1.807) is 0 Å². The van der Waals surface area contributed by atoms with E-state index in [-0.39, 0.29) is 0 Å². The number of carboxylic acid groups (broad SMARTS) is 3. The van der Waals surface area contributed by atoms with Crippen LogP contribution in [0.5, 0.6) is 0 Å². The minimum atomic E-state index is -0.666. The second-order valence-corrected chi connectivity index (χ2v) is 16.4. The minimum absolute atomic E-state index is 0.317. The summed E-state index contributed by atoms with van der Waals surface area (Å²) in [4.78, 5) is 32.1. The van der Waals surface area contributed by atoms with Gasteiger partial charge in [-0.05, 0) is 68.6 Å². The standard InChI is InChI=1S/C44H82O6/c1-2-3-34-43(35-28-22-16-10-4-7-13-19-25-31-40(45)46)38-39-44(43,36-29-23-17-11-5-8-14-20-26-32-41(47)48)37-30-24-18-12-6-9-15-21-27-33-42(49)50/h2-39H2,1H3,(H,45,46)(H,47,48)(H,49,50). The van der Waals surface area contributed by atoms with Gasteiger partial charge in [0.15, 0.2) is 0 Å². The Balaban J connectivity index is 2.52. The predicted octanol–water partition coefficient (Wildman–Crippen LogP) is 14.1. The summed E-state index contributed by atoms with van der Waals surface area (Å²) >= 11 is 0. The van der Waals surface area contributed by atoms with E-state index in [2.05, 4.69) is 6.92 Å². The van der Waals surface area contributed by atoms with E-state index >= 15 is 0 Å². The summed E-state index contributed by atoms with van der Waals surface area (Å²) in [5, 5.41) is 26.5. The smallest absolute Gasteiger partial charge is 0.303 e.